The van der Waals surface area contributed by atoms with Crippen molar-refractivity contribution in [3.8, 4) is 11.3 Å². The van der Waals surface area contributed by atoms with E-state index in [-0.39, 0.29) is 24.7 Å². The number of amides is 1. The first kappa shape index (κ1) is 22.0. The van der Waals surface area contributed by atoms with Crippen LogP contribution in [-0.4, -0.2) is 59.6 Å². The summed E-state index contributed by atoms with van der Waals surface area (Å²) in [6.07, 6.45) is 2.98. The summed E-state index contributed by atoms with van der Waals surface area (Å²) in [4.78, 5) is 31.6. The number of ether oxygens (including phenoxy) is 2. The largest absolute Gasteiger partial charge is 0.466 e. The lowest BCUT2D eigenvalue weighted by Gasteiger charge is -2.22. The number of nitrogens with zero attached hydrogens (tertiary/aromatic N) is 3. The highest BCUT2D eigenvalue weighted by atomic mass is 32.1. The van der Waals surface area contributed by atoms with E-state index < -0.39 is 0 Å². The molecule has 3 rings (SSSR count). The van der Waals surface area contributed by atoms with Crippen LogP contribution in [0.2, 0.25) is 0 Å². The predicted octanol–water partition coefficient (Wildman–Crippen LogP) is 3.42. The zero-order valence-electron chi connectivity index (χ0n) is 17.4. The quantitative estimate of drug-likeness (QED) is 0.437. The highest BCUT2D eigenvalue weighted by Crippen LogP contribution is 2.23. The van der Waals surface area contributed by atoms with E-state index in [0.717, 1.165) is 21.9 Å². The maximum absolute atomic E-state index is 12.6. The molecule has 1 aromatic carbocycles. The van der Waals surface area contributed by atoms with Crippen LogP contribution < -0.4 is 0 Å². The number of aromatic nitrogens is 2. The Bertz CT molecular complexity index is 967. The third kappa shape index (κ3) is 5.67. The summed E-state index contributed by atoms with van der Waals surface area (Å²) in [7, 11) is 1.61. The highest BCUT2D eigenvalue weighted by Gasteiger charge is 2.17. The predicted molar refractivity (Wildman–Crippen MR) is 117 cm³/mol. The first-order valence-electron chi connectivity index (χ1n) is 10.1. The monoisotopic (exact) mass is 429 g/mol. The number of hydrogen-bond donors (Lipinski definition) is 0. The van der Waals surface area contributed by atoms with Crippen LogP contribution in [0.3, 0.4) is 0 Å². The highest BCUT2D eigenvalue weighted by molar-refractivity contribution is 7.15. The molecule has 1 amide bonds. The van der Waals surface area contributed by atoms with E-state index in [1.165, 1.54) is 0 Å². The lowest BCUT2D eigenvalue weighted by molar-refractivity contribution is -0.145. The van der Waals surface area contributed by atoms with Gasteiger partial charge in [-0.3, -0.25) is 14.0 Å². The zero-order chi connectivity index (χ0) is 21.3. The van der Waals surface area contributed by atoms with E-state index in [1.54, 1.807) is 30.3 Å². The molecule has 3 aromatic rings. The molecule has 8 heteroatoms. The molecule has 0 saturated carbocycles. The molecule has 0 aliphatic carbocycles. The van der Waals surface area contributed by atoms with Crippen LogP contribution in [0, 0.1) is 0 Å². The number of carbonyl (C=O) groups excluding carboxylic acids is 2. The van der Waals surface area contributed by atoms with Gasteiger partial charge in [0.1, 0.15) is 0 Å². The third-order valence-electron chi connectivity index (χ3n) is 4.76. The lowest BCUT2D eigenvalue weighted by atomic mass is 10.2. The first-order valence-corrected chi connectivity index (χ1v) is 10.9. The van der Waals surface area contributed by atoms with Gasteiger partial charge in [-0.1, -0.05) is 30.3 Å². The van der Waals surface area contributed by atoms with Crippen molar-refractivity contribution in [2.24, 2.45) is 0 Å². The normalized spacial score (nSPS) is 11.0. The van der Waals surface area contributed by atoms with Crippen molar-refractivity contribution >= 4 is 28.2 Å². The van der Waals surface area contributed by atoms with Gasteiger partial charge in [0.2, 0.25) is 5.91 Å². The van der Waals surface area contributed by atoms with Crippen LogP contribution in [0.5, 0.6) is 0 Å². The first-order chi connectivity index (χ1) is 14.6. The number of hydrogen-bond acceptors (Lipinski definition) is 6. The van der Waals surface area contributed by atoms with Crippen LogP contribution in [0.15, 0.2) is 41.9 Å². The van der Waals surface area contributed by atoms with Crippen molar-refractivity contribution in [2.45, 2.75) is 26.2 Å². The molecule has 2 heterocycles. The lowest BCUT2D eigenvalue weighted by Crippen LogP contribution is -2.36. The second-order valence-electron chi connectivity index (χ2n) is 6.80. The van der Waals surface area contributed by atoms with Gasteiger partial charge in [-0.25, -0.2) is 4.98 Å². The molecule has 2 aromatic heterocycles. The van der Waals surface area contributed by atoms with Gasteiger partial charge in [-0.15, -0.1) is 11.3 Å². The minimum Gasteiger partial charge on any atom is -0.466 e. The maximum Gasteiger partial charge on any atom is 0.306 e. The molecule has 0 spiro atoms. The summed E-state index contributed by atoms with van der Waals surface area (Å²) in [6.45, 7) is 3.57. The van der Waals surface area contributed by atoms with Gasteiger partial charge < -0.3 is 14.4 Å². The fourth-order valence-corrected chi connectivity index (χ4v) is 4.08. The summed E-state index contributed by atoms with van der Waals surface area (Å²) < 4.78 is 12.2. The summed E-state index contributed by atoms with van der Waals surface area (Å²) in [5, 5.41) is 2.08. The number of fused-ring (bicyclic) bond motifs is 1. The molecule has 0 aliphatic rings. The minimum absolute atomic E-state index is 0.0674. The molecule has 0 N–H and O–H groups in total. The Balaban J connectivity index is 1.65. The minimum atomic E-state index is -0.344. The molecule has 7 nitrogen and oxygen atoms in total. The number of rotatable bonds is 11. The van der Waals surface area contributed by atoms with E-state index in [4.69, 9.17) is 14.5 Å². The third-order valence-corrected chi connectivity index (χ3v) is 5.65. The van der Waals surface area contributed by atoms with Gasteiger partial charge >= 0.3 is 5.97 Å². The second kappa shape index (κ2) is 10.9. The molecule has 0 atom stereocenters. The molecule has 30 heavy (non-hydrogen) atoms. The van der Waals surface area contributed by atoms with Crippen molar-refractivity contribution in [1.82, 2.24) is 14.3 Å². The average Bonchev–Trinajstić information content (AvgIpc) is 3.34. The summed E-state index contributed by atoms with van der Waals surface area (Å²) in [6, 6.07) is 10.1. The number of methoxy groups -OCH3 is 1. The Hall–Kier alpha value is -2.71. The van der Waals surface area contributed by atoms with E-state index >= 15 is 0 Å². The van der Waals surface area contributed by atoms with Gasteiger partial charge in [0, 0.05) is 55.9 Å². The van der Waals surface area contributed by atoms with E-state index in [1.807, 2.05) is 36.5 Å². The molecule has 0 fully saturated rings. The van der Waals surface area contributed by atoms with E-state index in [2.05, 4.69) is 9.78 Å². The Kier molecular flexibility index (Phi) is 7.98. The molecular weight excluding hydrogens is 402 g/mol. The van der Waals surface area contributed by atoms with Gasteiger partial charge in [-0.05, 0) is 6.92 Å². The molecule has 0 unspecified atom stereocenters. The van der Waals surface area contributed by atoms with Crippen molar-refractivity contribution in [2.75, 3.05) is 33.4 Å². The van der Waals surface area contributed by atoms with Crippen LogP contribution in [0.1, 0.15) is 25.5 Å². The van der Waals surface area contributed by atoms with Crippen LogP contribution in [-0.2, 0) is 25.5 Å². The van der Waals surface area contributed by atoms with E-state index in [0.29, 0.717) is 32.7 Å². The molecular formula is C22H27N3O4S. The number of carbonyl (C=O) groups is 2. The Morgan fingerprint density at radius 3 is 2.70 bits per heavy atom. The molecule has 0 saturated heterocycles. The number of thiazole rings is 1. The Morgan fingerprint density at radius 1 is 1.17 bits per heavy atom. The number of esters is 1. The van der Waals surface area contributed by atoms with Crippen molar-refractivity contribution in [1.29, 1.82) is 0 Å². The van der Waals surface area contributed by atoms with Gasteiger partial charge in [0.15, 0.2) is 4.96 Å². The van der Waals surface area contributed by atoms with Crippen molar-refractivity contribution in [3.05, 3.63) is 47.6 Å². The fraction of sp³-hybridized carbons (Fsp3) is 0.409. The van der Waals surface area contributed by atoms with Gasteiger partial charge in [-0.2, -0.15) is 0 Å². The molecule has 0 bridgehead atoms. The summed E-state index contributed by atoms with van der Waals surface area (Å²) in [5.41, 5.74) is 3.12. The molecule has 0 aliphatic heterocycles. The smallest absolute Gasteiger partial charge is 0.306 e. The topological polar surface area (TPSA) is 73.1 Å². The van der Waals surface area contributed by atoms with Crippen LogP contribution in [0.25, 0.3) is 16.2 Å². The maximum atomic E-state index is 12.6. The number of imidazole rings is 1. The van der Waals surface area contributed by atoms with Crippen LogP contribution in [0.4, 0.5) is 0 Å². The van der Waals surface area contributed by atoms with E-state index in [9.17, 15) is 9.59 Å². The van der Waals surface area contributed by atoms with Crippen molar-refractivity contribution < 1.29 is 19.1 Å². The SMILES string of the molecule is CCOC(=O)CCC(=O)N(CCOC)CCc1csc2nc(-c3ccccc3)cn12. The average molecular weight is 430 g/mol. The molecule has 0 radical (unpaired) electrons. The van der Waals surface area contributed by atoms with Crippen LogP contribution >= 0.6 is 11.3 Å². The molecule has 160 valence electrons. The second-order valence-corrected chi connectivity index (χ2v) is 7.64. The summed E-state index contributed by atoms with van der Waals surface area (Å²) in [5.74, 6) is -0.411. The van der Waals surface area contributed by atoms with Gasteiger partial charge in [0.05, 0.1) is 25.3 Å². The van der Waals surface area contributed by atoms with Crippen molar-refractivity contribution in [3.63, 3.8) is 0 Å². The Labute approximate surface area is 180 Å². The number of benzene rings is 1. The Morgan fingerprint density at radius 2 is 1.97 bits per heavy atom. The fourth-order valence-electron chi connectivity index (χ4n) is 3.17. The summed E-state index contributed by atoms with van der Waals surface area (Å²) >= 11 is 1.59. The zero-order valence-corrected chi connectivity index (χ0v) is 18.2. The standard InChI is InChI=1S/C22H27N3O4S/c1-3-29-21(27)10-9-20(26)24(13-14-28-2)12-11-18-16-30-22-23-19(15-25(18)22)17-7-5-4-6-8-17/h4-8,15-16H,3,9-14H2,1-2H3. The van der Waals surface area contributed by atoms with Gasteiger partial charge in [0.25, 0.3) is 0 Å².